The molecule has 2 aromatic rings. The summed E-state index contributed by atoms with van der Waals surface area (Å²) in [6, 6.07) is 9.81. The van der Waals surface area contributed by atoms with E-state index >= 15 is 0 Å². The molecule has 6 heteroatoms. The third-order valence-electron chi connectivity index (χ3n) is 2.40. The summed E-state index contributed by atoms with van der Waals surface area (Å²) in [4.78, 5) is 0.228. The molecule has 18 heavy (non-hydrogen) atoms. The van der Waals surface area contributed by atoms with Crippen molar-refractivity contribution in [2.24, 2.45) is 0 Å². The number of benzene rings is 1. The molecule has 1 aromatic heterocycles. The van der Waals surface area contributed by atoms with E-state index in [-0.39, 0.29) is 16.7 Å². The molecule has 0 aliphatic heterocycles. The van der Waals surface area contributed by atoms with E-state index in [9.17, 15) is 8.42 Å². The molecule has 1 aromatic carbocycles. The Balaban J connectivity index is 2.10. The number of rotatable bonds is 4. The molecule has 0 aliphatic rings. The molecular formula is C12H12ClNO3S. The van der Waals surface area contributed by atoms with Crippen LogP contribution >= 0.6 is 11.6 Å². The van der Waals surface area contributed by atoms with Crippen LogP contribution in [-0.4, -0.2) is 8.42 Å². The molecular weight excluding hydrogens is 274 g/mol. The Hall–Kier alpha value is -1.30. The second kappa shape index (κ2) is 5.14. The lowest BCUT2D eigenvalue weighted by Crippen LogP contribution is -2.22. The van der Waals surface area contributed by atoms with Crippen LogP contribution in [0.15, 0.2) is 45.7 Å². The number of halogens is 1. The fourth-order valence-corrected chi connectivity index (χ4v) is 2.57. The summed E-state index contributed by atoms with van der Waals surface area (Å²) in [5.74, 6) is 0.468. The molecule has 1 N–H and O–H groups in total. The van der Waals surface area contributed by atoms with Crippen LogP contribution in [0.1, 0.15) is 11.3 Å². The standard InChI is InChI=1S/C12H12ClNO3S/c1-9-2-5-11(6-3-9)18(15,16)14-8-10-4-7-12(13)17-10/h2-7,14H,8H2,1H3. The average molecular weight is 286 g/mol. The quantitative estimate of drug-likeness (QED) is 0.939. The van der Waals surface area contributed by atoms with Crippen LogP contribution in [0.2, 0.25) is 5.22 Å². The van der Waals surface area contributed by atoms with Crippen molar-refractivity contribution in [1.29, 1.82) is 0 Å². The number of furan rings is 1. The zero-order valence-corrected chi connectivity index (χ0v) is 11.3. The SMILES string of the molecule is Cc1ccc(S(=O)(=O)NCc2ccc(Cl)o2)cc1. The van der Waals surface area contributed by atoms with Gasteiger partial charge in [-0.1, -0.05) is 17.7 Å². The topological polar surface area (TPSA) is 59.3 Å². The van der Waals surface area contributed by atoms with Gasteiger partial charge in [0.2, 0.25) is 10.0 Å². The lowest BCUT2D eigenvalue weighted by Gasteiger charge is -2.05. The molecule has 0 bridgehead atoms. The Bertz CT molecular complexity index is 632. The fraction of sp³-hybridized carbons (Fsp3) is 0.167. The molecule has 0 atom stereocenters. The van der Waals surface area contributed by atoms with Crippen LogP contribution < -0.4 is 4.72 Å². The van der Waals surface area contributed by atoms with Gasteiger partial charge in [0.25, 0.3) is 0 Å². The van der Waals surface area contributed by atoms with Crippen molar-refractivity contribution in [2.45, 2.75) is 18.4 Å². The molecule has 0 radical (unpaired) electrons. The molecule has 96 valence electrons. The van der Waals surface area contributed by atoms with Crippen molar-refractivity contribution in [3.05, 3.63) is 52.9 Å². The summed E-state index contributed by atoms with van der Waals surface area (Å²) in [6.45, 7) is 1.97. The molecule has 0 saturated carbocycles. The summed E-state index contributed by atoms with van der Waals surface area (Å²) >= 11 is 5.60. The maximum atomic E-state index is 11.9. The fourth-order valence-electron chi connectivity index (χ4n) is 1.41. The van der Waals surface area contributed by atoms with E-state index in [4.69, 9.17) is 16.0 Å². The summed E-state index contributed by atoms with van der Waals surface area (Å²) in [7, 11) is -3.52. The Morgan fingerprint density at radius 3 is 2.39 bits per heavy atom. The lowest BCUT2D eigenvalue weighted by atomic mass is 10.2. The zero-order valence-electron chi connectivity index (χ0n) is 9.68. The zero-order chi connectivity index (χ0) is 13.2. The summed E-state index contributed by atoms with van der Waals surface area (Å²) < 4.78 is 31.4. The summed E-state index contributed by atoms with van der Waals surface area (Å²) in [5, 5.41) is 0.236. The normalized spacial score (nSPS) is 11.7. The smallest absolute Gasteiger partial charge is 0.240 e. The van der Waals surface area contributed by atoms with Gasteiger partial charge in [-0.05, 0) is 42.8 Å². The van der Waals surface area contributed by atoms with Gasteiger partial charge in [-0.15, -0.1) is 0 Å². The number of sulfonamides is 1. The van der Waals surface area contributed by atoms with Gasteiger partial charge in [0.1, 0.15) is 5.76 Å². The van der Waals surface area contributed by atoms with Crippen LogP contribution in [0.4, 0.5) is 0 Å². The van der Waals surface area contributed by atoms with E-state index in [1.165, 1.54) is 0 Å². The Morgan fingerprint density at radius 1 is 1.17 bits per heavy atom. The highest BCUT2D eigenvalue weighted by Gasteiger charge is 2.14. The van der Waals surface area contributed by atoms with Gasteiger partial charge >= 0.3 is 0 Å². The molecule has 0 amide bonds. The second-order valence-electron chi connectivity index (χ2n) is 3.84. The largest absolute Gasteiger partial charge is 0.448 e. The first kappa shape index (κ1) is 13.1. The van der Waals surface area contributed by atoms with Gasteiger partial charge in [-0.3, -0.25) is 0 Å². The predicted molar refractivity (Wildman–Crippen MR) is 68.9 cm³/mol. The van der Waals surface area contributed by atoms with Crippen molar-refractivity contribution in [1.82, 2.24) is 4.72 Å². The molecule has 0 saturated heterocycles. The van der Waals surface area contributed by atoms with Gasteiger partial charge in [-0.25, -0.2) is 13.1 Å². The van der Waals surface area contributed by atoms with E-state index in [2.05, 4.69) is 4.72 Å². The van der Waals surface area contributed by atoms with Crippen molar-refractivity contribution in [2.75, 3.05) is 0 Å². The molecule has 0 spiro atoms. The first-order chi connectivity index (χ1) is 8.47. The summed E-state index contributed by atoms with van der Waals surface area (Å²) in [5.41, 5.74) is 1.01. The van der Waals surface area contributed by atoms with Gasteiger partial charge in [0, 0.05) is 0 Å². The highest BCUT2D eigenvalue weighted by atomic mass is 35.5. The van der Waals surface area contributed by atoms with Crippen molar-refractivity contribution < 1.29 is 12.8 Å². The van der Waals surface area contributed by atoms with Crippen LogP contribution in [0.3, 0.4) is 0 Å². The van der Waals surface area contributed by atoms with Gasteiger partial charge in [-0.2, -0.15) is 0 Å². The Kier molecular flexibility index (Phi) is 3.75. The highest BCUT2D eigenvalue weighted by molar-refractivity contribution is 7.89. The lowest BCUT2D eigenvalue weighted by molar-refractivity contribution is 0.500. The maximum Gasteiger partial charge on any atom is 0.240 e. The minimum atomic E-state index is -3.52. The van der Waals surface area contributed by atoms with Gasteiger partial charge in [0.05, 0.1) is 11.4 Å². The first-order valence-corrected chi connectivity index (χ1v) is 7.14. The van der Waals surface area contributed by atoms with E-state index in [0.717, 1.165) is 5.56 Å². The van der Waals surface area contributed by atoms with E-state index in [1.54, 1.807) is 36.4 Å². The van der Waals surface area contributed by atoms with Crippen LogP contribution in [0.5, 0.6) is 0 Å². The molecule has 0 aliphatic carbocycles. The number of hydrogen-bond acceptors (Lipinski definition) is 3. The number of hydrogen-bond donors (Lipinski definition) is 1. The van der Waals surface area contributed by atoms with E-state index in [0.29, 0.717) is 5.76 Å². The first-order valence-electron chi connectivity index (χ1n) is 5.28. The number of nitrogens with one attached hydrogen (secondary N) is 1. The second-order valence-corrected chi connectivity index (χ2v) is 5.98. The van der Waals surface area contributed by atoms with Crippen LogP contribution in [0.25, 0.3) is 0 Å². The third-order valence-corrected chi connectivity index (χ3v) is 4.02. The molecule has 4 nitrogen and oxygen atoms in total. The molecule has 0 unspecified atom stereocenters. The third kappa shape index (κ3) is 3.13. The summed E-state index contributed by atoms with van der Waals surface area (Å²) in [6.07, 6.45) is 0. The molecule has 0 fully saturated rings. The minimum absolute atomic E-state index is 0.0724. The van der Waals surface area contributed by atoms with Crippen molar-refractivity contribution in [3.8, 4) is 0 Å². The molecule has 1 heterocycles. The van der Waals surface area contributed by atoms with Gasteiger partial charge in [0.15, 0.2) is 5.22 Å². The van der Waals surface area contributed by atoms with Crippen molar-refractivity contribution >= 4 is 21.6 Å². The maximum absolute atomic E-state index is 11.9. The predicted octanol–water partition coefficient (Wildman–Crippen LogP) is 2.72. The molecule has 2 rings (SSSR count). The Morgan fingerprint density at radius 2 is 1.83 bits per heavy atom. The minimum Gasteiger partial charge on any atom is -0.448 e. The van der Waals surface area contributed by atoms with Crippen molar-refractivity contribution in [3.63, 3.8) is 0 Å². The highest BCUT2D eigenvalue weighted by Crippen LogP contribution is 2.14. The average Bonchev–Trinajstić information content (AvgIpc) is 2.73. The van der Waals surface area contributed by atoms with Crippen LogP contribution in [0, 0.1) is 6.92 Å². The monoisotopic (exact) mass is 285 g/mol. The van der Waals surface area contributed by atoms with E-state index in [1.807, 2.05) is 6.92 Å². The van der Waals surface area contributed by atoms with Crippen LogP contribution in [-0.2, 0) is 16.6 Å². The van der Waals surface area contributed by atoms with Gasteiger partial charge < -0.3 is 4.42 Å². The Labute approximate surface area is 111 Å². The number of aryl methyl sites for hydroxylation is 1. The van der Waals surface area contributed by atoms with E-state index < -0.39 is 10.0 Å².